The van der Waals surface area contributed by atoms with Crippen molar-refractivity contribution < 1.29 is 14.9 Å². The molecule has 0 saturated carbocycles. The second kappa shape index (κ2) is 11.0. The van der Waals surface area contributed by atoms with Crippen molar-refractivity contribution in [3.8, 4) is 5.75 Å². The van der Waals surface area contributed by atoms with E-state index in [0.29, 0.717) is 25.6 Å². The van der Waals surface area contributed by atoms with Gasteiger partial charge in [-0.1, -0.05) is 62.4 Å². The van der Waals surface area contributed by atoms with Gasteiger partial charge in [-0.05, 0) is 29.5 Å². The molecular formula is C22H31NO3. The molecule has 0 amide bonds. The van der Waals surface area contributed by atoms with Gasteiger partial charge in [0.25, 0.3) is 0 Å². The van der Waals surface area contributed by atoms with Crippen LogP contribution in [-0.4, -0.2) is 47.5 Å². The molecule has 0 saturated heterocycles. The minimum Gasteiger partial charge on any atom is -0.491 e. The SMILES string of the molecule is CC[C@@H](C)c1ccccc1OC[C@H](O)CN(CCO)Cc1ccccc1. The summed E-state index contributed by atoms with van der Waals surface area (Å²) in [6, 6.07) is 18.1. The standard InChI is InChI=1S/C22H31NO3/c1-3-18(2)21-11-7-8-12-22(21)26-17-20(25)16-23(13-14-24)15-19-9-5-4-6-10-19/h4-12,18,20,24-25H,3,13-17H2,1-2H3/t18-,20-/m1/s1. The summed E-state index contributed by atoms with van der Waals surface area (Å²) in [4.78, 5) is 2.05. The fourth-order valence-electron chi connectivity index (χ4n) is 2.99. The molecule has 2 rings (SSSR count). The molecule has 0 aliphatic heterocycles. The van der Waals surface area contributed by atoms with E-state index >= 15 is 0 Å². The lowest BCUT2D eigenvalue weighted by molar-refractivity contribution is 0.0586. The van der Waals surface area contributed by atoms with Gasteiger partial charge < -0.3 is 14.9 Å². The predicted molar refractivity (Wildman–Crippen MR) is 105 cm³/mol. The highest BCUT2D eigenvalue weighted by atomic mass is 16.5. The molecule has 0 bridgehead atoms. The number of ether oxygens (including phenoxy) is 1. The molecule has 142 valence electrons. The minimum absolute atomic E-state index is 0.0667. The highest BCUT2D eigenvalue weighted by Crippen LogP contribution is 2.28. The smallest absolute Gasteiger partial charge is 0.122 e. The van der Waals surface area contributed by atoms with Gasteiger partial charge >= 0.3 is 0 Å². The zero-order valence-corrected chi connectivity index (χ0v) is 15.8. The number of hydrogen-bond acceptors (Lipinski definition) is 4. The first-order valence-electron chi connectivity index (χ1n) is 9.41. The van der Waals surface area contributed by atoms with E-state index in [1.54, 1.807) is 0 Å². The Morgan fingerprint density at radius 3 is 2.42 bits per heavy atom. The molecule has 2 atom stereocenters. The Labute approximate surface area is 157 Å². The lowest BCUT2D eigenvalue weighted by atomic mass is 9.98. The van der Waals surface area contributed by atoms with Crippen LogP contribution in [0.25, 0.3) is 0 Å². The van der Waals surface area contributed by atoms with Gasteiger partial charge in [0.15, 0.2) is 0 Å². The van der Waals surface area contributed by atoms with E-state index < -0.39 is 6.10 Å². The maximum Gasteiger partial charge on any atom is 0.122 e. The molecule has 0 unspecified atom stereocenters. The monoisotopic (exact) mass is 357 g/mol. The van der Waals surface area contributed by atoms with Crippen molar-refractivity contribution in [2.45, 2.75) is 38.8 Å². The highest BCUT2D eigenvalue weighted by molar-refractivity contribution is 5.35. The second-order valence-electron chi connectivity index (χ2n) is 6.76. The summed E-state index contributed by atoms with van der Waals surface area (Å²) in [6.07, 6.45) is 0.430. The molecule has 0 aromatic heterocycles. The van der Waals surface area contributed by atoms with Gasteiger partial charge in [0.2, 0.25) is 0 Å². The Bertz CT molecular complexity index is 632. The fourth-order valence-corrected chi connectivity index (χ4v) is 2.99. The van der Waals surface area contributed by atoms with Gasteiger partial charge in [-0.15, -0.1) is 0 Å². The molecule has 0 aliphatic rings. The van der Waals surface area contributed by atoms with Gasteiger partial charge in [0, 0.05) is 19.6 Å². The van der Waals surface area contributed by atoms with Crippen molar-refractivity contribution in [1.29, 1.82) is 0 Å². The Hall–Kier alpha value is -1.88. The van der Waals surface area contributed by atoms with Gasteiger partial charge in [-0.2, -0.15) is 0 Å². The molecule has 0 aliphatic carbocycles. The summed E-state index contributed by atoms with van der Waals surface area (Å²) >= 11 is 0. The van der Waals surface area contributed by atoms with E-state index in [4.69, 9.17) is 4.74 Å². The molecule has 2 N–H and O–H groups in total. The molecule has 0 heterocycles. The first kappa shape index (κ1) is 20.4. The van der Waals surface area contributed by atoms with Crippen LogP contribution in [0.1, 0.15) is 37.3 Å². The number of aliphatic hydroxyl groups is 2. The van der Waals surface area contributed by atoms with E-state index in [1.165, 1.54) is 5.56 Å². The van der Waals surface area contributed by atoms with Crippen LogP contribution in [0.3, 0.4) is 0 Å². The van der Waals surface area contributed by atoms with Crippen molar-refractivity contribution >= 4 is 0 Å². The molecule has 0 radical (unpaired) electrons. The number of nitrogens with zero attached hydrogens (tertiary/aromatic N) is 1. The number of para-hydroxylation sites is 1. The van der Waals surface area contributed by atoms with Crippen LogP contribution >= 0.6 is 0 Å². The molecule has 4 heteroatoms. The van der Waals surface area contributed by atoms with Crippen molar-refractivity contribution in [2.75, 3.05) is 26.3 Å². The first-order chi connectivity index (χ1) is 12.6. The molecule has 0 spiro atoms. The van der Waals surface area contributed by atoms with Crippen LogP contribution in [0.15, 0.2) is 54.6 Å². The molecular weight excluding hydrogens is 326 g/mol. The van der Waals surface area contributed by atoms with Crippen LogP contribution < -0.4 is 4.74 Å². The first-order valence-corrected chi connectivity index (χ1v) is 9.41. The van der Waals surface area contributed by atoms with Crippen molar-refractivity contribution in [3.63, 3.8) is 0 Å². The molecule has 4 nitrogen and oxygen atoms in total. The Balaban J connectivity index is 1.91. The zero-order valence-electron chi connectivity index (χ0n) is 15.8. The van der Waals surface area contributed by atoms with Gasteiger partial charge in [-0.3, -0.25) is 4.90 Å². The number of benzene rings is 2. The van der Waals surface area contributed by atoms with Gasteiger partial charge in [0.05, 0.1) is 6.61 Å². The van der Waals surface area contributed by atoms with E-state index in [1.807, 2.05) is 41.3 Å². The Morgan fingerprint density at radius 1 is 1.04 bits per heavy atom. The number of aliphatic hydroxyl groups excluding tert-OH is 2. The van der Waals surface area contributed by atoms with Crippen LogP contribution in [0, 0.1) is 0 Å². The van der Waals surface area contributed by atoms with Crippen molar-refractivity contribution in [1.82, 2.24) is 4.90 Å². The topological polar surface area (TPSA) is 52.9 Å². The second-order valence-corrected chi connectivity index (χ2v) is 6.76. The third kappa shape index (κ3) is 6.45. The highest BCUT2D eigenvalue weighted by Gasteiger charge is 2.15. The van der Waals surface area contributed by atoms with Crippen molar-refractivity contribution in [3.05, 3.63) is 65.7 Å². The van der Waals surface area contributed by atoms with Gasteiger partial charge in [0.1, 0.15) is 18.5 Å². The summed E-state index contributed by atoms with van der Waals surface area (Å²) in [7, 11) is 0. The third-order valence-corrected chi connectivity index (χ3v) is 4.63. The summed E-state index contributed by atoms with van der Waals surface area (Å²) in [5.41, 5.74) is 2.34. The zero-order chi connectivity index (χ0) is 18.8. The molecule has 2 aromatic carbocycles. The predicted octanol–water partition coefficient (Wildman–Crippen LogP) is 3.43. The number of hydrogen-bond donors (Lipinski definition) is 2. The third-order valence-electron chi connectivity index (χ3n) is 4.63. The molecule has 2 aromatic rings. The lowest BCUT2D eigenvalue weighted by Gasteiger charge is -2.25. The maximum atomic E-state index is 10.4. The fraction of sp³-hybridized carbons (Fsp3) is 0.455. The molecule has 26 heavy (non-hydrogen) atoms. The van der Waals surface area contributed by atoms with Gasteiger partial charge in [-0.25, -0.2) is 0 Å². The minimum atomic E-state index is -0.616. The molecule has 0 fully saturated rings. The van der Waals surface area contributed by atoms with E-state index in [0.717, 1.165) is 17.7 Å². The Morgan fingerprint density at radius 2 is 1.73 bits per heavy atom. The maximum absolute atomic E-state index is 10.4. The summed E-state index contributed by atoms with van der Waals surface area (Å²) in [5.74, 6) is 1.27. The number of rotatable bonds is 11. The quantitative estimate of drug-likeness (QED) is 0.647. The Kier molecular flexibility index (Phi) is 8.62. The summed E-state index contributed by atoms with van der Waals surface area (Å²) < 4.78 is 5.91. The van der Waals surface area contributed by atoms with Crippen LogP contribution in [0.2, 0.25) is 0 Å². The lowest BCUT2D eigenvalue weighted by Crippen LogP contribution is -2.37. The largest absolute Gasteiger partial charge is 0.491 e. The van der Waals surface area contributed by atoms with E-state index in [9.17, 15) is 10.2 Å². The van der Waals surface area contributed by atoms with E-state index in [-0.39, 0.29) is 13.2 Å². The summed E-state index contributed by atoms with van der Waals surface area (Å²) in [5, 5.41) is 19.7. The van der Waals surface area contributed by atoms with Crippen LogP contribution in [-0.2, 0) is 6.54 Å². The van der Waals surface area contributed by atoms with Crippen molar-refractivity contribution in [2.24, 2.45) is 0 Å². The average molecular weight is 357 g/mol. The average Bonchev–Trinajstić information content (AvgIpc) is 2.67. The van der Waals surface area contributed by atoms with Crippen LogP contribution in [0.4, 0.5) is 0 Å². The van der Waals surface area contributed by atoms with Crippen LogP contribution in [0.5, 0.6) is 5.75 Å². The normalized spacial score (nSPS) is 13.6. The van der Waals surface area contributed by atoms with E-state index in [2.05, 4.69) is 32.0 Å². The summed E-state index contributed by atoms with van der Waals surface area (Å²) in [6.45, 7) is 6.33.